The average Bonchev–Trinajstić information content (AvgIpc) is 2.53. The number of nitriles is 1. The number of anilines is 3. The van der Waals surface area contributed by atoms with Gasteiger partial charge in [0.2, 0.25) is 0 Å². The highest BCUT2D eigenvalue weighted by Gasteiger charge is 2.14. The molecule has 2 rings (SSSR count). The van der Waals surface area contributed by atoms with Crippen LogP contribution >= 0.6 is 0 Å². The highest BCUT2D eigenvalue weighted by Crippen LogP contribution is 2.31. The number of carbonyl (C=O) groups excluding carboxylic acids is 1. The van der Waals surface area contributed by atoms with Crippen LogP contribution in [0.25, 0.3) is 0 Å². The first-order valence-corrected chi connectivity index (χ1v) is 6.29. The number of rotatable bonds is 3. The fourth-order valence-electron chi connectivity index (χ4n) is 2.07. The summed E-state index contributed by atoms with van der Waals surface area (Å²) in [7, 11) is 3.12. The predicted octanol–water partition coefficient (Wildman–Crippen LogP) is 2.69. The van der Waals surface area contributed by atoms with Gasteiger partial charge in [0.15, 0.2) is 0 Å². The summed E-state index contributed by atoms with van der Waals surface area (Å²) in [6, 6.07) is 14.2. The Kier molecular flexibility index (Phi) is 4.10. The van der Waals surface area contributed by atoms with Crippen molar-refractivity contribution in [3.8, 4) is 6.07 Å². The minimum atomic E-state index is -0.432. The SMILES string of the molecule is COC(=O)c1ccc(N)c(N(C)c2ccccc2C#N)c1. The molecule has 5 heteroatoms. The van der Waals surface area contributed by atoms with E-state index in [0.29, 0.717) is 28.2 Å². The number of ether oxygens (including phenoxy) is 1. The Bertz CT molecular complexity index is 720. The van der Waals surface area contributed by atoms with Gasteiger partial charge in [-0.05, 0) is 30.3 Å². The number of hydrogen-bond acceptors (Lipinski definition) is 5. The fraction of sp³-hybridized carbons (Fsp3) is 0.125. The number of nitrogens with two attached hydrogens (primary N) is 1. The van der Waals surface area contributed by atoms with Crippen molar-refractivity contribution >= 4 is 23.0 Å². The van der Waals surface area contributed by atoms with Crippen molar-refractivity contribution in [2.24, 2.45) is 0 Å². The van der Waals surface area contributed by atoms with E-state index < -0.39 is 5.97 Å². The predicted molar refractivity (Wildman–Crippen MR) is 81.4 cm³/mol. The van der Waals surface area contributed by atoms with E-state index in [-0.39, 0.29) is 0 Å². The lowest BCUT2D eigenvalue weighted by molar-refractivity contribution is 0.0601. The summed E-state index contributed by atoms with van der Waals surface area (Å²) in [5.41, 5.74) is 8.79. The molecule has 0 aliphatic heterocycles. The summed E-state index contributed by atoms with van der Waals surface area (Å²) in [4.78, 5) is 13.4. The number of carbonyl (C=O) groups is 1. The molecule has 0 unspecified atom stereocenters. The lowest BCUT2D eigenvalue weighted by atomic mass is 10.1. The van der Waals surface area contributed by atoms with Crippen LogP contribution in [0.3, 0.4) is 0 Å². The van der Waals surface area contributed by atoms with Gasteiger partial charge in [0.05, 0.1) is 35.3 Å². The zero-order chi connectivity index (χ0) is 15.4. The van der Waals surface area contributed by atoms with E-state index in [2.05, 4.69) is 6.07 Å². The first kappa shape index (κ1) is 14.4. The molecule has 106 valence electrons. The van der Waals surface area contributed by atoms with Crippen molar-refractivity contribution in [3.05, 3.63) is 53.6 Å². The van der Waals surface area contributed by atoms with E-state index in [9.17, 15) is 10.1 Å². The van der Waals surface area contributed by atoms with Crippen LogP contribution in [-0.2, 0) is 4.74 Å². The molecule has 0 bridgehead atoms. The summed E-state index contributed by atoms with van der Waals surface area (Å²) in [6.45, 7) is 0. The maximum absolute atomic E-state index is 11.6. The Hall–Kier alpha value is -3.00. The van der Waals surface area contributed by atoms with Gasteiger partial charge in [0.25, 0.3) is 0 Å². The summed E-state index contributed by atoms with van der Waals surface area (Å²) in [6.07, 6.45) is 0. The number of benzene rings is 2. The molecule has 0 amide bonds. The molecule has 0 aromatic heterocycles. The van der Waals surface area contributed by atoms with Crippen LogP contribution in [0, 0.1) is 11.3 Å². The minimum Gasteiger partial charge on any atom is -0.465 e. The molecular weight excluding hydrogens is 266 g/mol. The molecule has 0 heterocycles. The topological polar surface area (TPSA) is 79.3 Å². The second kappa shape index (κ2) is 5.97. The van der Waals surface area contributed by atoms with Gasteiger partial charge >= 0.3 is 5.97 Å². The van der Waals surface area contributed by atoms with Gasteiger partial charge in [-0.3, -0.25) is 0 Å². The summed E-state index contributed by atoms with van der Waals surface area (Å²) >= 11 is 0. The molecule has 0 aliphatic rings. The van der Waals surface area contributed by atoms with E-state index in [1.165, 1.54) is 7.11 Å². The second-order valence-corrected chi connectivity index (χ2v) is 4.45. The average molecular weight is 281 g/mol. The molecule has 0 aliphatic carbocycles. The largest absolute Gasteiger partial charge is 0.465 e. The van der Waals surface area contributed by atoms with Crippen LogP contribution in [0.4, 0.5) is 17.1 Å². The van der Waals surface area contributed by atoms with Gasteiger partial charge in [0, 0.05) is 7.05 Å². The lowest BCUT2D eigenvalue weighted by Crippen LogP contribution is -2.14. The standard InChI is InChI=1S/C16H15N3O2/c1-19(14-6-4-3-5-12(14)10-17)15-9-11(16(20)21-2)7-8-13(15)18/h3-9H,18H2,1-2H3. The third-order valence-corrected chi connectivity index (χ3v) is 3.20. The Morgan fingerprint density at radius 3 is 2.62 bits per heavy atom. The first-order valence-electron chi connectivity index (χ1n) is 6.29. The van der Waals surface area contributed by atoms with Crippen molar-refractivity contribution in [3.63, 3.8) is 0 Å². The fourth-order valence-corrected chi connectivity index (χ4v) is 2.07. The number of nitrogens with zero attached hydrogens (tertiary/aromatic N) is 2. The number of esters is 1. The summed E-state index contributed by atoms with van der Waals surface area (Å²) in [5, 5.41) is 9.18. The first-order chi connectivity index (χ1) is 10.1. The van der Waals surface area contributed by atoms with Crippen LogP contribution in [0.2, 0.25) is 0 Å². The number of nitrogen functional groups attached to an aromatic ring is 1. The number of hydrogen-bond donors (Lipinski definition) is 1. The molecule has 0 fully saturated rings. The van der Waals surface area contributed by atoms with E-state index in [0.717, 1.165) is 0 Å². The van der Waals surface area contributed by atoms with Crippen molar-refractivity contribution in [2.45, 2.75) is 0 Å². The molecule has 5 nitrogen and oxygen atoms in total. The van der Waals surface area contributed by atoms with Gasteiger partial charge < -0.3 is 15.4 Å². The Labute approximate surface area is 123 Å². The molecule has 2 aromatic carbocycles. The Morgan fingerprint density at radius 2 is 1.95 bits per heavy atom. The van der Waals surface area contributed by atoms with Crippen LogP contribution in [0.1, 0.15) is 15.9 Å². The minimum absolute atomic E-state index is 0.406. The Balaban J connectivity index is 2.50. The monoisotopic (exact) mass is 281 g/mol. The van der Waals surface area contributed by atoms with Gasteiger partial charge in [-0.1, -0.05) is 12.1 Å². The van der Waals surface area contributed by atoms with Crippen molar-refractivity contribution in [1.82, 2.24) is 0 Å². The van der Waals surface area contributed by atoms with Gasteiger partial charge in [-0.15, -0.1) is 0 Å². The zero-order valence-electron chi connectivity index (χ0n) is 11.8. The van der Waals surface area contributed by atoms with E-state index in [4.69, 9.17) is 10.5 Å². The quantitative estimate of drug-likeness (QED) is 0.691. The van der Waals surface area contributed by atoms with Gasteiger partial charge in [0.1, 0.15) is 6.07 Å². The molecule has 0 saturated heterocycles. The van der Waals surface area contributed by atoms with Crippen molar-refractivity contribution in [1.29, 1.82) is 5.26 Å². The smallest absolute Gasteiger partial charge is 0.337 e. The third-order valence-electron chi connectivity index (χ3n) is 3.20. The number of para-hydroxylation sites is 1. The van der Waals surface area contributed by atoms with Crippen LogP contribution in [-0.4, -0.2) is 20.1 Å². The normalized spacial score (nSPS) is 9.76. The van der Waals surface area contributed by atoms with E-state index >= 15 is 0 Å². The molecule has 2 N–H and O–H groups in total. The summed E-state index contributed by atoms with van der Waals surface area (Å²) < 4.78 is 4.71. The number of methoxy groups -OCH3 is 1. The van der Waals surface area contributed by atoms with Crippen molar-refractivity contribution in [2.75, 3.05) is 24.8 Å². The molecule has 0 radical (unpaired) electrons. The van der Waals surface area contributed by atoms with Crippen LogP contribution in [0.5, 0.6) is 0 Å². The molecule has 0 atom stereocenters. The Morgan fingerprint density at radius 1 is 1.24 bits per heavy atom. The second-order valence-electron chi connectivity index (χ2n) is 4.45. The lowest BCUT2D eigenvalue weighted by Gasteiger charge is -2.22. The van der Waals surface area contributed by atoms with Gasteiger partial charge in [-0.2, -0.15) is 5.26 Å². The summed E-state index contributed by atoms with van der Waals surface area (Å²) in [5.74, 6) is -0.432. The molecule has 0 saturated carbocycles. The van der Waals surface area contributed by atoms with Gasteiger partial charge in [-0.25, -0.2) is 4.79 Å². The zero-order valence-corrected chi connectivity index (χ0v) is 11.8. The molecule has 2 aromatic rings. The van der Waals surface area contributed by atoms with Crippen LogP contribution in [0.15, 0.2) is 42.5 Å². The highest BCUT2D eigenvalue weighted by molar-refractivity contribution is 5.92. The highest BCUT2D eigenvalue weighted by atomic mass is 16.5. The van der Waals surface area contributed by atoms with Crippen molar-refractivity contribution < 1.29 is 9.53 Å². The third kappa shape index (κ3) is 2.79. The maximum atomic E-state index is 11.6. The molecular formula is C16H15N3O2. The molecule has 0 spiro atoms. The maximum Gasteiger partial charge on any atom is 0.337 e. The van der Waals surface area contributed by atoms with E-state index in [1.54, 1.807) is 42.3 Å². The van der Waals surface area contributed by atoms with E-state index in [1.807, 2.05) is 12.1 Å². The van der Waals surface area contributed by atoms with Crippen LogP contribution < -0.4 is 10.6 Å². The molecule has 21 heavy (non-hydrogen) atoms.